The molecule has 1 unspecified atom stereocenters. The SMILES string of the molecule is Cc1[nH]cnc1CNC1CCSc2ccc(F)cc21. The molecule has 0 saturated heterocycles. The molecule has 0 amide bonds. The Balaban J connectivity index is 1.76. The topological polar surface area (TPSA) is 40.7 Å². The van der Waals surface area contributed by atoms with Crippen molar-refractivity contribution in [1.82, 2.24) is 15.3 Å². The van der Waals surface area contributed by atoms with E-state index in [2.05, 4.69) is 15.3 Å². The number of nitrogens with one attached hydrogen (secondary N) is 2. The molecule has 0 spiro atoms. The van der Waals surface area contributed by atoms with Crippen LogP contribution in [0, 0.1) is 12.7 Å². The molecule has 5 heteroatoms. The third-order valence-electron chi connectivity index (χ3n) is 3.46. The second-order valence-corrected chi connectivity index (χ2v) is 5.86. The molecule has 1 atom stereocenters. The monoisotopic (exact) mass is 277 g/mol. The second-order valence-electron chi connectivity index (χ2n) is 4.73. The zero-order valence-corrected chi connectivity index (χ0v) is 11.6. The van der Waals surface area contributed by atoms with E-state index in [1.165, 1.54) is 11.0 Å². The normalized spacial score (nSPS) is 18.3. The molecule has 3 rings (SSSR count). The number of rotatable bonds is 3. The molecule has 3 nitrogen and oxygen atoms in total. The number of aromatic nitrogens is 2. The minimum absolute atomic E-state index is 0.163. The van der Waals surface area contributed by atoms with E-state index in [4.69, 9.17) is 0 Å². The van der Waals surface area contributed by atoms with Crippen molar-refractivity contribution >= 4 is 11.8 Å². The van der Waals surface area contributed by atoms with Gasteiger partial charge in [0.2, 0.25) is 0 Å². The summed E-state index contributed by atoms with van der Waals surface area (Å²) in [6.45, 7) is 2.72. The molecule has 19 heavy (non-hydrogen) atoms. The van der Waals surface area contributed by atoms with Gasteiger partial charge in [0, 0.05) is 23.2 Å². The molecular weight excluding hydrogens is 261 g/mol. The maximum absolute atomic E-state index is 13.4. The van der Waals surface area contributed by atoms with Crippen molar-refractivity contribution in [1.29, 1.82) is 0 Å². The number of imidazole rings is 1. The number of hydrogen-bond acceptors (Lipinski definition) is 3. The zero-order chi connectivity index (χ0) is 13.2. The number of halogens is 1. The first kappa shape index (κ1) is 12.7. The zero-order valence-electron chi connectivity index (χ0n) is 10.7. The molecule has 0 aliphatic carbocycles. The Labute approximate surface area is 116 Å². The molecule has 2 aromatic rings. The Bertz CT molecular complexity index is 582. The Morgan fingerprint density at radius 1 is 1.53 bits per heavy atom. The van der Waals surface area contributed by atoms with E-state index in [9.17, 15) is 4.39 Å². The summed E-state index contributed by atoms with van der Waals surface area (Å²) in [4.78, 5) is 8.53. The van der Waals surface area contributed by atoms with Crippen LogP contribution in [-0.4, -0.2) is 15.7 Å². The molecule has 1 aromatic heterocycles. The van der Waals surface area contributed by atoms with Gasteiger partial charge >= 0.3 is 0 Å². The highest BCUT2D eigenvalue weighted by atomic mass is 32.2. The van der Waals surface area contributed by atoms with Gasteiger partial charge in [0.25, 0.3) is 0 Å². The number of thioether (sulfide) groups is 1. The molecule has 1 aromatic carbocycles. The summed E-state index contributed by atoms with van der Waals surface area (Å²) >= 11 is 1.80. The lowest BCUT2D eigenvalue weighted by Gasteiger charge is -2.26. The Morgan fingerprint density at radius 2 is 2.42 bits per heavy atom. The van der Waals surface area contributed by atoms with Crippen LogP contribution in [0.3, 0.4) is 0 Å². The van der Waals surface area contributed by atoms with Crippen molar-refractivity contribution in [2.75, 3.05) is 5.75 Å². The predicted molar refractivity (Wildman–Crippen MR) is 74.6 cm³/mol. The summed E-state index contributed by atoms with van der Waals surface area (Å²) in [5.41, 5.74) is 3.18. The quantitative estimate of drug-likeness (QED) is 0.905. The van der Waals surface area contributed by atoms with Gasteiger partial charge in [0.05, 0.1) is 12.0 Å². The van der Waals surface area contributed by atoms with Gasteiger partial charge in [-0.2, -0.15) is 0 Å². The molecule has 1 aliphatic heterocycles. The van der Waals surface area contributed by atoms with Crippen molar-refractivity contribution < 1.29 is 4.39 Å². The van der Waals surface area contributed by atoms with Crippen LogP contribution in [0.15, 0.2) is 29.4 Å². The minimum Gasteiger partial charge on any atom is -0.348 e. The molecular formula is C14H16FN3S. The Hall–Kier alpha value is -1.33. The molecule has 0 saturated carbocycles. The van der Waals surface area contributed by atoms with Crippen molar-refractivity contribution in [2.24, 2.45) is 0 Å². The maximum Gasteiger partial charge on any atom is 0.123 e. The van der Waals surface area contributed by atoms with Gasteiger partial charge < -0.3 is 10.3 Å². The molecule has 2 heterocycles. The van der Waals surface area contributed by atoms with Crippen LogP contribution in [-0.2, 0) is 6.54 Å². The van der Waals surface area contributed by atoms with Crippen LogP contribution in [0.1, 0.15) is 29.4 Å². The summed E-state index contributed by atoms with van der Waals surface area (Å²) < 4.78 is 13.4. The number of benzene rings is 1. The number of aryl methyl sites for hydroxylation is 1. The summed E-state index contributed by atoms with van der Waals surface area (Å²) in [5, 5.41) is 3.49. The van der Waals surface area contributed by atoms with E-state index in [-0.39, 0.29) is 11.9 Å². The fraction of sp³-hybridized carbons (Fsp3) is 0.357. The summed E-state index contributed by atoms with van der Waals surface area (Å²) in [6, 6.07) is 5.27. The van der Waals surface area contributed by atoms with Gasteiger partial charge in [0.1, 0.15) is 5.82 Å². The number of hydrogen-bond donors (Lipinski definition) is 2. The number of aromatic amines is 1. The van der Waals surface area contributed by atoms with Gasteiger partial charge in [-0.25, -0.2) is 9.37 Å². The number of H-pyrrole nitrogens is 1. The fourth-order valence-electron chi connectivity index (χ4n) is 2.36. The van der Waals surface area contributed by atoms with Crippen molar-refractivity contribution in [3.63, 3.8) is 0 Å². The highest BCUT2D eigenvalue weighted by Crippen LogP contribution is 2.36. The summed E-state index contributed by atoms with van der Waals surface area (Å²) in [5.74, 6) is 0.902. The lowest BCUT2D eigenvalue weighted by molar-refractivity contribution is 0.500. The van der Waals surface area contributed by atoms with Gasteiger partial charge in [-0.05, 0) is 42.9 Å². The minimum atomic E-state index is -0.163. The van der Waals surface area contributed by atoms with Crippen LogP contribution in [0.4, 0.5) is 4.39 Å². The molecule has 0 radical (unpaired) electrons. The van der Waals surface area contributed by atoms with Crippen LogP contribution < -0.4 is 5.32 Å². The van der Waals surface area contributed by atoms with Gasteiger partial charge in [-0.1, -0.05) is 0 Å². The molecule has 2 N–H and O–H groups in total. The second kappa shape index (κ2) is 5.35. The van der Waals surface area contributed by atoms with Crippen LogP contribution in [0.5, 0.6) is 0 Å². The fourth-order valence-corrected chi connectivity index (χ4v) is 3.47. The van der Waals surface area contributed by atoms with Gasteiger partial charge in [-0.15, -0.1) is 11.8 Å². The van der Waals surface area contributed by atoms with Crippen molar-refractivity contribution in [2.45, 2.75) is 30.8 Å². The highest BCUT2D eigenvalue weighted by Gasteiger charge is 2.21. The van der Waals surface area contributed by atoms with E-state index in [0.29, 0.717) is 6.54 Å². The first-order valence-corrected chi connectivity index (χ1v) is 7.37. The van der Waals surface area contributed by atoms with Crippen molar-refractivity contribution in [3.05, 3.63) is 47.3 Å². The summed E-state index contributed by atoms with van der Waals surface area (Å²) in [6.07, 6.45) is 2.72. The third-order valence-corrected chi connectivity index (χ3v) is 4.58. The first-order valence-electron chi connectivity index (χ1n) is 6.38. The number of nitrogens with zero attached hydrogens (tertiary/aromatic N) is 1. The van der Waals surface area contributed by atoms with E-state index >= 15 is 0 Å². The van der Waals surface area contributed by atoms with Crippen LogP contribution in [0.2, 0.25) is 0 Å². The first-order chi connectivity index (χ1) is 9.24. The van der Waals surface area contributed by atoms with Gasteiger partial charge in [0.15, 0.2) is 0 Å². The average molecular weight is 277 g/mol. The van der Waals surface area contributed by atoms with E-state index in [1.807, 2.05) is 13.0 Å². The molecule has 1 aliphatic rings. The lowest BCUT2D eigenvalue weighted by atomic mass is 10.0. The summed E-state index contributed by atoms with van der Waals surface area (Å²) in [7, 11) is 0. The molecule has 0 fully saturated rings. The third kappa shape index (κ3) is 2.67. The Morgan fingerprint density at radius 3 is 3.21 bits per heavy atom. The van der Waals surface area contributed by atoms with Crippen LogP contribution in [0.25, 0.3) is 0 Å². The Kier molecular flexibility index (Phi) is 3.57. The predicted octanol–water partition coefficient (Wildman–Crippen LogP) is 3.18. The van der Waals surface area contributed by atoms with Crippen LogP contribution >= 0.6 is 11.8 Å². The standard InChI is InChI=1S/C14H16FN3S/c1-9-13(18-8-17-9)7-16-12-4-5-19-14-3-2-10(15)6-11(12)14/h2-3,6,8,12,16H,4-5,7H2,1H3,(H,17,18). The maximum atomic E-state index is 13.4. The highest BCUT2D eigenvalue weighted by molar-refractivity contribution is 7.99. The van der Waals surface area contributed by atoms with E-state index in [0.717, 1.165) is 29.1 Å². The molecule has 0 bridgehead atoms. The van der Waals surface area contributed by atoms with E-state index in [1.54, 1.807) is 24.2 Å². The average Bonchev–Trinajstić information content (AvgIpc) is 2.82. The largest absolute Gasteiger partial charge is 0.348 e. The molecule has 100 valence electrons. The lowest BCUT2D eigenvalue weighted by Crippen LogP contribution is -2.24. The van der Waals surface area contributed by atoms with Gasteiger partial charge in [-0.3, -0.25) is 0 Å². The van der Waals surface area contributed by atoms with E-state index < -0.39 is 0 Å². The van der Waals surface area contributed by atoms with Crippen molar-refractivity contribution in [3.8, 4) is 0 Å². The smallest absolute Gasteiger partial charge is 0.123 e. The number of fused-ring (bicyclic) bond motifs is 1.